The molecule has 0 radical (unpaired) electrons. The van der Waals surface area contributed by atoms with Gasteiger partial charge in [0.05, 0.1) is 18.1 Å². The van der Waals surface area contributed by atoms with Gasteiger partial charge in [-0.1, -0.05) is 17.3 Å². The summed E-state index contributed by atoms with van der Waals surface area (Å²) in [6.07, 6.45) is 1.53. The van der Waals surface area contributed by atoms with Crippen LogP contribution in [0.2, 0.25) is 0 Å². The van der Waals surface area contributed by atoms with E-state index in [-0.39, 0.29) is 10.8 Å². The third-order valence-electron chi connectivity index (χ3n) is 4.38. The van der Waals surface area contributed by atoms with Gasteiger partial charge in [0, 0.05) is 32.5 Å². The molecule has 1 aromatic heterocycles. The number of hydrogen-bond acceptors (Lipinski definition) is 7. The van der Waals surface area contributed by atoms with Gasteiger partial charge in [-0.3, -0.25) is 4.79 Å². The summed E-state index contributed by atoms with van der Waals surface area (Å²) in [5.74, 6) is 1.03. The fourth-order valence-electron chi connectivity index (χ4n) is 2.85. The Morgan fingerprint density at radius 2 is 1.93 bits per heavy atom. The number of ether oxygens (including phenoxy) is 1. The van der Waals surface area contributed by atoms with Crippen molar-refractivity contribution in [1.29, 1.82) is 0 Å². The zero-order valence-electron chi connectivity index (χ0n) is 15.8. The molecule has 10 heteroatoms. The average Bonchev–Trinajstić information content (AvgIpc) is 3.12. The van der Waals surface area contributed by atoms with Crippen molar-refractivity contribution in [3.63, 3.8) is 0 Å². The fourth-order valence-corrected chi connectivity index (χ4v) is 4.25. The smallest absolute Gasteiger partial charge is 0.243 e. The molecule has 3 rings (SSSR count). The normalized spacial score (nSPS) is 15.5. The Morgan fingerprint density at radius 3 is 2.57 bits per heavy atom. The van der Waals surface area contributed by atoms with E-state index in [4.69, 9.17) is 9.26 Å². The van der Waals surface area contributed by atoms with E-state index in [1.807, 2.05) is 0 Å². The predicted octanol–water partition coefficient (Wildman–Crippen LogP) is 1.04. The van der Waals surface area contributed by atoms with Crippen LogP contribution in [-0.4, -0.2) is 55.1 Å². The maximum Gasteiger partial charge on any atom is 0.243 e. The van der Waals surface area contributed by atoms with Crippen LogP contribution in [0.1, 0.15) is 30.1 Å². The minimum Gasteiger partial charge on any atom is -0.379 e. The van der Waals surface area contributed by atoms with Crippen molar-refractivity contribution in [3.05, 3.63) is 41.5 Å². The standard InChI is InChI=1S/C18H24N4O5S/c1-14-20-18(27-21-14)4-2-3-17(23)19-13-15-5-7-16(8-6-15)28(24,25)22-9-11-26-12-10-22/h5-8H,2-4,9-13H2,1H3,(H,19,23). The first kappa shape index (κ1) is 20.4. The number of amides is 1. The molecule has 1 aromatic carbocycles. The summed E-state index contributed by atoms with van der Waals surface area (Å²) in [4.78, 5) is 16.3. The molecule has 0 aliphatic carbocycles. The van der Waals surface area contributed by atoms with Gasteiger partial charge in [0.2, 0.25) is 21.8 Å². The van der Waals surface area contributed by atoms with E-state index in [1.54, 1.807) is 31.2 Å². The lowest BCUT2D eigenvalue weighted by atomic mass is 10.2. The first-order valence-electron chi connectivity index (χ1n) is 9.18. The highest BCUT2D eigenvalue weighted by atomic mass is 32.2. The van der Waals surface area contributed by atoms with Gasteiger partial charge in [0.25, 0.3) is 0 Å². The van der Waals surface area contributed by atoms with Crippen molar-refractivity contribution in [2.24, 2.45) is 0 Å². The first-order valence-corrected chi connectivity index (χ1v) is 10.6. The van der Waals surface area contributed by atoms with Crippen molar-refractivity contribution in [2.75, 3.05) is 26.3 Å². The van der Waals surface area contributed by atoms with Crippen molar-refractivity contribution >= 4 is 15.9 Å². The quantitative estimate of drug-likeness (QED) is 0.694. The zero-order chi connectivity index (χ0) is 20.0. The van der Waals surface area contributed by atoms with E-state index < -0.39 is 10.0 Å². The first-order chi connectivity index (χ1) is 13.4. The van der Waals surface area contributed by atoms with E-state index >= 15 is 0 Å². The second kappa shape index (κ2) is 9.26. The van der Waals surface area contributed by atoms with E-state index in [0.29, 0.717) is 63.8 Å². The molecule has 1 aliphatic heterocycles. The number of carbonyl (C=O) groups is 1. The third-order valence-corrected chi connectivity index (χ3v) is 6.30. The SMILES string of the molecule is Cc1noc(CCCC(=O)NCc2ccc(S(=O)(=O)N3CCOCC3)cc2)n1. The summed E-state index contributed by atoms with van der Waals surface area (Å²) in [6.45, 7) is 3.64. The molecule has 0 saturated carbocycles. The van der Waals surface area contributed by atoms with Gasteiger partial charge in [-0.05, 0) is 31.0 Å². The van der Waals surface area contributed by atoms with Crippen molar-refractivity contribution in [1.82, 2.24) is 19.8 Å². The number of benzene rings is 1. The van der Waals surface area contributed by atoms with Crippen LogP contribution in [0.3, 0.4) is 0 Å². The van der Waals surface area contributed by atoms with E-state index in [9.17, 15) is 13.2 Å². The number of hydrogen-bond donors (Lipinski definition) is 1. The molecule has 1 N–H and O–H groups in total. The van der Waals surface area contributed by atoms with E-state index in [0.717, 1.165) is 5.56 Å². The van der Waals surface area contributed by atoms with Gasteiger partial charge in [-0.25, -0.2) is 8.42 Å². The van der Waals surface area contributed by atoms with E-state index in [1.165, 1.54) is 4.31 Å². The Kier molecular flexibility index (Phi) is 6.76. The molecular formula is C18H24N4O5S. The summed E-state index contributed by atoms with van der Waals surface area (Å²) >= 11 is 0. The monoisotopic (exact) mass is 408 g/mol. The van der Waals surface area contributed by atoms with Gasteiger partial charge >= 0.3 is 0 Å². The Bertz CT molecular complexity index is 889. The van der Waals surface area contributed by atoms with Gasteiger partial charge in [-0.15, -0.1) is 0 Å². The van der Waals surface area contributed by atoms with Crippen LogP contribution in [0.4, 0.5) is 0 Å². The average molecular weight is 408 g/mol. The molecule has 152 valence electrons. The van der Waals surface area contributed by atoms with Gasteiger partial charge in [0.1, 0.15) is 0 Å². The highest BCUT2D eigenvalue weighted by molar-refractivity contribution is 7.89. The molecule has 0 unspecified atom stereocenters. The lowest BCUT2D eigenvalue weighted by molar-refractivity contribution is -0.121. The van der Waals surface area contributed by atoms with Crippen LogP contribution in [0.5, 0.6) is 0 Å². The molecule has 0 atom stereocenters. The van der Waals surface area contributed by atoms with E-state index in [2.05, 4.69) is 15.5 Å². The van der Waals surface area contributed by atoms with Crippen LogP contribution >= 0.6 is 0 Å². The summed E-state index contributed by atoms with van der Waals surface area (Å²) < 4.78 is 36.8. The minimum absolute atomic E-state index is 0.0822. The Hall–Kier alpha value is -2.30. The predicted molar refractivity (Wildman–Crippen MR) is 99.8 cm³/mol. The minimum atomic E-state index is -3.50. The highest BCUT2D eigenvalue weighted by Gasteiger charge is 2.26. The lowest BCUT2D eigenvalue weighted by Crippen LogP contribution is -2.40. The number of aromatic nitrogens is 2. The van der Waals surface area contributed by atoms with Crippen molar-refractivity contribution < 1.29 is 22.5 Å². The van der Waals surface area contributed by atoms with Crippen molar-refractivity contribution in [2.45, 2.75) is 37.6 Å². The van der Waals surface area contributed by atoms with Gasteiger partial charge in [0.15, 0.2) is 5.82 Å². The number of aryl methyl sites for hydroxylation is 2. The number of morpholine rings is 1. The molecule has 1 fully saturated rings. The highest BCUT2D eigenvalue weighted by Crippen LogP contribution is 2.17. The van der Waals surface area contributed by atoms with Crippen LogP contribution in [0.15, 0.2) is 33.7 Å². The second-order valence-electron chi connectivity index (χ2n) is 6.53. The second-order valence-corrected chi connectivity index (χ2v) is 8.46. The molecule has 28 heavy (non-hydrogen) atoms. The molecule has 9 nitrogen and oxygen atoms in total. The Balaban J connectivity index is 1.45. The largest absolute Gasteiger partial charge is 0.379 e. The van der Waals surface area contributed by atoms with Crippen LogP contribution in [-0.2, 0) is 32.5 Å². The molecule has 2 aromatic rings. The van der Waals surface area contributed by atoms with Crippen LogP contribution in [0, 0.1) is 6.92 Å². The summed E-state index contributed by atoms with van der Waals surface area (Å²) in [6, 6.07) is 6.58. The Labute approximate surface area is 164 Å². The summed E-state index contributed by atoms with van der Waals surface area (Å²) in [7, 11) is -3.50. The maximum absolute atomic E-state index is 12.6. The summed E-state index contributed by atoms with van der Waals surface area (Å²) in [5.41, 5.74) is 0.835. The number of nitrogens with one attached hydrogen (secondary N) is 1. The van der Waals surface area contributed by atoms with Crippen LogP contribution in [0.25, 0.3) is 0 Å². The van der Waals surface area contributed by atoms with Gasteiger partial charge in [-0.2, -0.15) is 9.29 Å². The third kappa shape index (κ3) is 5.37. The topological polar surface area (TPSA) is 115 Å². The number of sulfonamides is 1. The lowest BCUT2D eigenvalue weighted by Gasteiger charge is -2.26. The fraction of sp³-hybridized carbons (Fsp3) is 0.500. The maximum atomic E-state index is 12.6. The summed E-state index contributed by atoms with van der Waals surface area (Å²) in [5, 5.41) is 6.54. The number of rotatable bonds is 8. The Morgan fingerprint density at radius 1 is 1.21 bits per heavy atom. The molecule has 2 heterocycles. The number of carbonyl (C=O) groups excluding carboxylic acids is 1. The van der Waals surface area contributed by atoms with Crippen LogP contribution < -0.4 is 5.32 Å². The molecular weight excluding hydrogens is 384 g/mol. The molecule has 0 bridgehead atoms. The zero-order valence-corrected chi connectivity index (χ0v) is 16.6. The molecule has 1 saturated heterocycles. The molecule has 1 amide bonds. The van der Waals surface area contributed by atoms with Crippen molar-refractivity contribution in [3.8, 4) is 0 Å². The van der Waals surface area contributed by atoms with Gasteiger partial charge < -0.3 is 14.6 Å². The molecule has 0 spiro atoms. The number of nitrogens with zero attached hydrogens (tertiary/aromatic N) is 3. The molecule has 1 aliphatic rings.